The first-order chi connectivity index (χ1) is 9.63. The van der Waals surface area contributed by atoms with Gasteiger partial charge in [-0.2, -0.15) is 0 Å². The fourth-order valence-corrected chi connectivity index (χ4v) is 3.70. The maximum atomic E-state index is 13.8. The van der Waals surface area contributed by atoms with Crippen LogP contribution >= 0.6 is 0 Å². The van der Waals surface area contributed by atoms with Crippen molar-refractivity contribution in [2.75, 3.05) is 12.0 Å². The molecule has 0 aliphatic heterocycles. The molecule has 2 rings (SSSR count). The van der Waals surface area contributed by atoms with Gasteiger partial charge < -0.3 is 5.32 Å². The Morgan fingerprint density at radius 1 is 1.48 bits per heavy atom. The summed E-state index contributed by atoms with van der Waals surface area (Å²) in [6.45, 7) is 3.48. The van der Waals surface area contributed by atoms with Crippen LogP contribution in [0.25, 0.3) is 0 Å². The first-order valence-electron chi connectivity index (χ1n) is 6.86. The summed E-state index contributed by atoms with van der Waals surface area (Å²) in [5, 5.41) is 2.82. The minimum atomic E-state index is -3.19. The highest BCUT2D eigenvalue weighted by atomic mass is 32.2. The molecule has 21 heavy (non-hydrogen) atoms. The zero-order chi connectivity index (χ0) is 15.8. The quantitative estimate of drug-likeness (QED) is 0.899. The highest BCUT2D eigenvalue weighted by Gasteiger charge is 2.53. The van der Waals surface area contributed by atoms with Crippen LogP contribution in [0.4, 0.5) is 4.39 Å². The summed E-state index contributed by atoms with van der Waals surface area (Å²) >= 11 is 0. The van der Waals surface area contributed by atoms with E-state index in [9.17, 15) is 17.6 Å². The lowest BCUT2D eigenvalue weighted by atomic mass is 9.97. The summed E-state index contributed by atoms with van der Waals surface area (Å²) in [6.07, 6.45) is 1.77. The molecule has 1 N–H and O–H groups in total. The number of sulfone groups is 1. The minimum absolute atomic E-state index is 0.149. The van der Waals surface area contributed by atoms with Crippen molar-refractivity contribution in [1.29, 1.82) is 0 Å². The van der Waals surface area contributed by atoms with E-state index >= 15 is 0 Å². The number of hydrogen-bond acceptors (Lipinski definition) is 3. The summed E-state index contributed by atoms with van der Waals surface area (Å²) in [5.74, 6) is -1.36. The van der Waals surface area contributed by atoms with Crippen molar-refractivity contribution < 1.29 is 17.6 Å². The van der Waals surface area contributed by atoms with Crippen molar-refractivity contribution in [2.24, 2.45) is 5.92 Å². The van der Waals surface area contributed by atoms with E-state index in [-0.39, 0.29) is 23.5 Å². The van der Waals surface area contributed by atoms with Crippen molar-refractivity contribution >= 4 is 15.7 Å². The number of amides is 1. The van der Waals surface area contributed by atoms with Gasteiger partial charge >= 0.3 is 0 Å². The predicted octanol–water partition coefficient (Wildman–Crippen LogP) is 1.65. The molecule has 0 heterocycles. The Hall–Kier alpha value is -1.43. The first-order valence-corrected chi connectivity index (χ1v) is 8.92. The molecule has 116 valence electrons. The normalized spacial score (nSPS) is 26.2. The molecule has 1 aliphatic rings. The van der Waals surface area contributed by atoms with Gasteiger partial charge in [-0.3, -0.25) is 4.79 Å². The largest absolute Gasteiger partial charge is 0.352 e. The number of carbonyl (C=O) groups excluding carboxylic acids is 1. The van der Waals surface area contributed by atoms with Crippen molar-refractivity contribution in [3.05, 3.63) is 35.6 Å². The maximum Gasteiger partial charge on any atom is 0.224 e. The maximum absolute atomic E-state index is 13.8. The van der Waals surface area contributed by atoms with Crippen LogP contribution in [0.3, 0.4) is 0 Å². The molecule has 1 aromatic carbocycles. The fraction of sp³-hybridized carbons (Fsp3) is 0.533. The number of nitrogens with one attached hydrogen (secondary N) is 1. The monoisotopic (exact) mass is 313 g/mol. The van der Waals surface area contributed by atoms with Gasteiger partial charge in [-0.15, -0.1) is 0 Å². The van der Waals surface area contributed by atoms with Gasteiger partial charge in [0.25, 0.3) is 0 Å². The van der Waals surface area contributed by atoms with Crippen molar-refractivity contribution in [2.45, 2.75) is 31.7 Å². The third-order valence-corrected chi connectivity index (χ3v) is 5.15. The number of hydrogen-bond donors (Lipinski definition) is 1. The standard InChI is InChI=1S/C15H20FNO3S/c1-10(9-21(3,19)20)14(18)17-13-8-15(13,2)11-6-4-5-7-12(11)16/h4-7,10,13H,8-9H2,1-3H3,(H,17,18). The zero-order valence-corrected chi connectivity index (χ0v) is 13.2. The van der Waals surface area contributed by atoms with Gasteiger partial charge in [0.05, 0.1) is 5.75 Å². The lowest BCUT2D eigenvalue weighted by Crippen LogP contribution is -2.36. The molecule has 0 saturated heterocycles. The van der Waals surface area contributed by atoms with Crippen LogP contribution in [0.5, 0.6) is 0 Å². The van der Waals surface area contributed by atoms with E-state index in [1.54, 1.807) is 25.1 Å². The van der Waals surface area contributed by atoms with Gasteiger partial charge in [-0.25, -0.2) is 12.8 Å². The molecule has 6 heteroatoms. The molecule has 1 aliphatic carbocycles. The van der Waals surface area contributed by atoms with Crippen LogP contribution in [-0.2, 0) is 20.0 Å². The summed E-state index contributed by atoms with van der Waals surface area (Å²) in [6, 6.07) is 6.38. The summed E-state index contributed by atoms with van der Waals surface area (Å²) in [4.78, 5) is 12.0. The van der Waals surface area contributed by atoms with Crippen molar-refractivity contribution in [3.63, 3.8) is 0 Å². The van der Waals surface area contributed by atoms with Gasteiger partial charge in [0.2, 0.25) is 5.91 Å². The third kappa shape index (κ3) is 3.61. The zero-order valence-electron chi connectivity index (χ0n) is 12.4. The molecule has 4 nitrogen and oxygen atoms in total. The molecule has 1 amide bonds. The molecular weight excluding hydrogens is 293 g/mol. The molecule has 0 spiro atoms. The van der Waals surface area contributed by atoms with Gasteiger partial charge in [0.15, 0.2) is 0 Å². The van der Waals surface area contributed by atoms with Gasteiger partial charge in [-0.1, -0.05) is 32.0 Å². The first kappa shape index (κ1) is 15.9. The molecule has 0 bridgehead atoms. The van der Waals surface area contributed by atoms with E-state index in [4.69, 9.17) is 0 Å². The van der Waals surface area contributed by atoms with E-state index < -0.39 is 21.2 Å². The molecule has 1 aromatic rings. The molecule has 0 radical (unpaired) electrons. The number of benzene rings is 1. The van der Waals surface area contributed by atoms with E-state index in [1.165, 1.54) is 6.07 Å². The van der Waals surface area contributed by atoms with Crippen LogP contribution in [0.1, 0.15) is 25.8 Å². The van der Waals surface area contributed by atoms with Crippen LogP contribution in [0.15, 0.2) is 24.3 Å². The fourth-order valence-electron chi connectivity index (χ4n) is 2.64. The second-order valence-corrected chi connectivity index (χ2v) is 8.34. The highest BCUT2D eigenvalue weighted by molar-refractivity contribution is 7.90. The van der Waals surface area contributed by atoms with Gasteiger partial charge in [0.1, 0.15) is 15.7 Å². The molecule has 0 aromatic heterocycles. The Kier molecular flexibility index (Phi) is 4.10. The minimum Gasteiger partial charge on any atom is -0.352 e. The second kappa shape index (κ2) is 5.40. The summed E-state index contributed by atoms with van der Waals surface area (Å²) in [7, 11) is -3.19. The highest BCUT2D eigenvalue weighted by Crippen LogP contribution is 2.48. The van der Waals surface area contributed by atoms with Crippen molar-refractivity contribution in [3.8, 4) is 0 Å². The van der Waals surface area contributed by atoms with Crippen LogP contribution < -0.4 is 5.32 Å². The number of halogens is 1. The number of carbonyl (C=O) groups is 1. The second-order valence-electron chi connectivity index (χ2n) is 6.16. The van der Waals surface area contributed by atoms with Gasteiger partial charge in [0, 0.05) is 23.6 Å². The van der Waals surface area contributed by atoms with Gasteiger partial charge in [-0.05, 0) is 18.1 Å². The van der Waals surface area contributed by atoms with E-state index in [2.05, 4.69) is 5.32 Å². The van der Waals surface area contributed by atoms with Crippen LogP contribution in [0, 0.1) is 11.7 Å². The smallest absolute Gasteiger partial charge is 0.224 e. The lowest BCUT2D eigenvalue weighted by molar-refractivity contribution is -0.124. The summed E-state index contributed by atoms with van der Waals surface area (Å²) < 4.78 is 36.2. The van der Waals surface area contributed by atoms with Crippen LogP contribution in [-0.4, -0.2) is 32.4 Å². The van der Waals surface area contributed by atoms with E-state index in [1.807, 2.05) is 6.92 Å². The van der Waals surface area contributed by atoms with Crippen LogP contribution in [0.2, 0.25) is 0 Å². The summed E-state index contributed by atoms with van der Waals surface area (Å²) in [5.41, 5.74) is 0.178. The Balaban J connectivity index is 2.01. The van der Waals surface area contributed by atoms with Crippen molar-refractivity contribution in [1.82, 2.24) is 5.32 Å². The molecule has 1 saturated carbocycles. The predicted molar refractivity (Wildman–Crippen MR) is 79.2 cm³/mol. The Morgan fingerprint density at radius 3 is 2.67 bits per heavy atom. The average molecular weight is 313 g/mol. The Labute approximate surface area is 124 Å². The molecule has 1 fully saturated rings. The average Bonchev–Trinajstić information content (AvgIpc) is 2.99. The molecule has 3 unspecified atom stereocenters. The third-order valence-electron chi connectivity index (χ3n) is 4.04. The number of rotatable bonds is 5. The Bertz CT molecular complexity index is 659. The topological polar surface area (TPSA) is 63.2 Å². The SMILES string of the molecule is CC(CS(C)(=O)=O)C(=O)NC1CC1(C)c1ccccc1F. The molecule has 3 atom stereocenters. The van der Waals surface area contributed by atoms with E-state index in [0.29, 0.717) is 12.0 Å². The Morgan fingerprint density at radius 2 is 2.10 bits per heavy atom. The van der Waals surface area contributed by atoms with E-state index in [0.717, 1.165) is 6.26 Å². The lowest BCUT2D eigenvalue weighted by Gasteiger charge is -2.15. The molecular formula is C15H20FNO3S.